The third-order valence-electron chi connectivity index (χ3n) is 7.52. The van der Waals surface area contributed by atoms with Crippen molar-refractivity contribution in [2.24, 2.45) is 11.8 Å². The fourth-order valence-corrected chi connectivity index (χ4v) is 6.12. The minimum Gasteiger partial charge on any atom is -0.395 e. The van der Waals surface area contributed by atoms with Crippen molar-refractivity contribution in [3.8, 4) is 0 Å². The van der Waals surface area contributed by atoms with Crippen LogP contribution in [0.15, 0.2) is 24.3 Å². The Bertz CT molecular complexity index is 1140. The van der Waals surface area contributed by atoms with E-state index in [4.69, 9.17) is 4.74 Å². The molecule has 3 saturated heterocycles. The van der Waals surface area contributed by atoms with E-state index in [1.807, 2.05) is 38.1 Å². The van der Waals surface area contributed by atoms with Gasteiger partial charge in [0.1, 0.15) is 23.8 Å². The maximum atomic E-state index is 13.6. The Balaban J connectivity index is 1.43. The van der Waals surface area contributed by atoms with Gasteiger partial charge in [0.05, 0.1) is 29.6 Å². The minimum absolute atomic E-state index is 0.00913. The first kappa shape index (κ1) is 22.7. The fraction of sp³-hybridized carbons (Fsp3) is 0.609. The summed E-state index contributed by atoms with van der Waals surface area (Å²) in [5.74, 6) is -2.39. The molecule has 2 unspecified atom stereocenters. The van der Waals surface area contributed by atoms with Crippen LogP contribution in [0.5, 0.6) is 0 Å². The number of benzene rings is 1. The Morgan fingerprint density at radius 2 is 2.03 bits per heavy atom. The number of hydrogen-bond donors (Lipinski definition) is 3. The summed E-state index contributed by atoms with van der Waals surface area (Å²) >= 11 is 0. The van der Waals surface area contributed by atoms with E-state index in [1.54, 1.807) is 4.68 Å². The lowest BCUT2D eigenvalue weighted by Crippen LogP contribution is -2.55. The zero-order valence-electron chi connectivity index (χ0n) is 19.4. The van der Waals surface area contributed by atoms with Crippen molar-refractivity contribution < 1.29 is 24.2 Å². The second-order valence-electron chi connectivity index (χ2n) is 9.55. The monoisotopic (exact) mass is 470 g/mol. The lowest BCUT2D eigenvalue weighted by molar-refractivity contribution is -0.146. The Morgan fingerprint density at radius 3 is 2.79 bits per heavy atom. The molecule has 4 heterocycles. The molecule has 3 amide bonds. The summed E-state index contributed by atoms with van der Waals surface area (Å²) in [4.78, 5) is 41.6. The molecule has 1 aromatic carbocycles. The summed E-state index contributed by atoms with van der Waals surface area (Å²) in [5, 5.41) is 23.6. The number of fused-ring (bicyclic) bond motifs is 2. The summed E-state index contributed by atoms with van der Waals surface area (Å²) in [6.45, 7) is 4.09. The first-order valence-electron chi connectivity index (χ1n) is 11.8. The van der Waals surface area contributed by atoms with E-state index < -0.39 is 35.0 Å². The number of hydrogen-bond acceptors (Lipinski definition) is 7. The maximum absolute atomic E-state index is 13.6. The van der Waals surface area contributed by atoms with Crippen LogP contribution < -0.4 is 10.6 Å². The van der Waals surface area contributed by atoms with Crippen molar-refractivity contribution >= 4 is 28.8 Å². The molecule has 2 bridgehead atoms. The molecule has 11 nitrogen and oxygen atoms in total. The molecule has 3 fully saturated rings. The van der Waals surface area contributed by atoms with Gasteiger partial charge in [-0.05, 0) is 38.3 Å². The van der Waals surface area contributed by atoms with Gasteiger partial charge < -0.3 is 25.4 Å². The number of aliphatic hydroxyl groups is 1. The molecule has 34 heavy (non-hydrogen) atoms. The summed E-state index contributed by atoms with van der Waals surface area (Å²) in [6.07, 6.45) is 1.84. The number of carbonyl (C=O) groups is 3. The summed E-state index contributed by atoms with van der Waals surface area (Å²) in [7, 11) is 0. The van der Waals surface area contributed by atoms with Gasteiger partial charge in [0, 0.05) is 13.1 Å². The van der Waals surface area contributed by atoms with Crippen LogP contribution in [-0.4, -0.2) is 79.7 Å². The molecular formula is C23H30N6O5. The highest BCUT2D eigenvalue weighted by atomic mass is 16.5. The number of nitrogens with one attached hydrogen (secondary N) is 2. The molecule has 0 saturated carbocycles. The highest BCUT2D eigenvalue weighted by molar-refractivity contribution is 5.99. The topological polar surface area (TPSA) is 139 Å². The van der Waals surface area contributed by atoms with E-state index in [9.17, 15) is 19.5 Å². The zero-order valence-corrected chi connectivity index (χ0v) is 19.4. The number of β-amino-alcohol motifs (C(OH)–C–C–N with tert-alkyl or cyclic N) is 1. The predicted octanol–water partition coefficient (Wildman–Crippen LogP) is -0.212. The van der Waals surface area contributed by atoms with E-state index in [1.165, 1.54) is 4.90 Å². The van der Waals surface area contributed by atoms with E-state index >= 15 is 0 Å². The number of aliphatic hydroxyl groups excluding tert-OH is 1. The normalized spacial score (nSPS) is 31.8. The van der Waals surface area contributed by atoms with Crippen LogP contribution in [0, 0.1) is 11.8 Å². The standard InChI is InChI=1S/C23H30N6O5/c1-3-10-24-19(31)16-17-21(33)28(11-12-30)18(23(17)9-8-22(16,2)34-23)20(32)25-13-29-15-7-5-4-6-14(15)26-27-29/h4-7,16-18,30H,3,8-13H2,1-2H3,(H,24,31)(H,25,32)/t16-,17-,18?,22+,23?/m0/s1. The number of aromatic nitrogens is 3. The Morgan fingerprint density at radius 1 is 1.24 bits per heavy atom. The highest BCUT2D eigenvalue weighted by Gasteiger charge is 2.77. The lowest BCUT2D eigenvalue weighted by atomic mass is 9.66. The molecule has 5 rings (SSSR count). The van der Waals surface area contributed by atoms with Gasteiger partial charge in [0.15, 0.2) is 0 Å². The van der Waals surface area contributed by atoms with Crippen LogP contribution in [0.2, 0.25) is 0 Å². The van der Waals surface area contributed by atoms with Crippen LogP contribution in [0.25, 0.3) is 11.0 Å². The van der Waals surface area contributed by atoms with E-state index in [-0.39, 0.29) is 31.6 Å². The van der Waals surface area contributed by atoms with E-state index in [0.29, 0.717) is 24.9 Å². The van der Waals surface area contributed by atoms with Crippen molar-refractivity contribution in [3.05, 3.63) is 24.3 Å². The number of amides is 3. The first-order chi connectivity index (χ1) is 16.4. The summed E-state index contributed by atoms with van der Waals surface area (Å²) < 4.78 is 8.05. The predicted molar refractivity (Wildman–Crippen MR) is 120 cm³/mol. The molecule has 11 heteroatoms. The van der Waals surface area contributed by atoms with E-state index in [0.717, 1.165) is 11.9 Å². The maximum Gasteiger partial charge on any atom is 0.247 e. The summed E-state index contributed by atoms with van der Waals surface area (Å²) in [6, 6.07) is 6.46. The Labute approximate surface area is 196 Å². The number of ether oxygens (including phenoxy) is 1. The number of para-hydroxylation sites is 1. The molecule has 3 N–H and O–H groups in total. The number of likely N-dealkylation sites (tertiary alicyclic amines) is 1. The average molecular weight is 471 g/mol. The zero-order chi connectivity index (χ0) is 24.1. The SMILES string of the molecule is CCCNC(=O)[C@@H]1[C@H]2C(=O)N(CCO)C(C(=O)NCn3nnc4ccccc43)C23CC[C@@]1(C)O3. The number of rotatable bonds is 8. The van der Waals surface area contributed by atoms with E-state index in [2.05, 4.69) is 20.9 Å². The van der Waals surface area contributed by atoms with Gasteiger partial charge in [-0.2, -0.15) is 0 Å². The van der Waals surface area contributed by atoms with Crippen LogP contribution in [0.3, 0.4) is 0 Å². The van der Waals surface area contributed by atoms with Gasteiger partial charge in [-0.3, -0.25) is 14.4 Å². The van der Waals surface area contributed by atoms with Crippen LogP contribution >= 0.6 is 0 Å². The molecule has 0 radical (unpaired) electrons. The van der Waals surface area contributed by atoms with Gasteiger partial charge in [-0.1, -0.05) is 24.3 Å². The molecule has 2 aromatic rings. The molecule has 1 spiro atoms. The number of carbonyl (C=O) groups excluding carboxylic acids is 3. The second kappa shape index (κ2) is 8.31. The van der Waals surface area contributed by atoms with Crippen LogP contribution in [-0.2, 0) is 25.8 Å². The average Bonchev–Trinajstić information content (AvgIpc) is 3.52. The van der Waals surface area contributed by atoms with Gasteiger partial charge >= 0.3 is 0 Å². The molecular weight excluding hydrogens is 440 g/mol. The fourth-order valence-electron chi connectivity index (χ4n) is 6.12. The highest BCUT2D eigenvalue weighted by Crippen LogP contribution is 2.63. The Hall–Kier alpha value is -3.05. The molecule has 3 aliphatic rings. The molecule has 0 aliphatic carbocycles. The van der Waals surface area contributed by atoms with Crippen molar-refractivity contribution in [2.75, 3.05) is 19.7 Å². The minimum atomic E-state index is -1.11. The van der Waals surface area contributed by atoms with Crippen molar-refractivity contribution in [1.29, 1.82) is 0 Å². The molecule has 3 aliphatic heterocycles. The van der Waals surface area contributed by atoms with Gasteiger partial charge in [-0.25, -0.2) is 4.68 Å². The van der Waals surface area contributed by atoms with Crippen LogP contribution in [0.1, 0.15) is 33.1 Å². The summed E-state index contributed by atoms with van der Waals surface area (Å²) in [5.41, 5.74) is -0.444. The van der Waals surface area contributed by atoms with Crippen LogP contribution in [0.4, 0.5) is 0 Å². The largest absolute Gasteiger partial charge is 0.395 e. The van der Waals surface area contributed by atoms with Gasteiger partial charge in [0.25, 0.3) is 0 Å². The molecule has 5 atom stereocenters. The quantitative estimate of drug-likeness (QED) is 0.485. The van der Waals surface area contributed by atoms with Gasteiger partial charge in [-0.15, -0.1) is 5.10 Å². The number of nitrogens with zero attached hydrogens (tertiary/aromatic N) is 4. The molecule has 1 aromatic heterocycles. The third-order valence-corrected chi connectivity index (χ3v) is 7.52. The second-order valence-corrected chi connectivity index (χ2v) is 9.55. The third kappa shape index (κ3) is 3.21. The van der Waals surface area contributed by atoms with Crippen molar-refractivity contribution in [3.63, 3.8) is 0 Å². The smallest absolute Gasteiger partial charge is 0.247 e. The molecule has 182 valence electrons. The Kier molecular flexibility index (Phi) is 5.56. The first-order valence-corrected chi connectivity index (χ1v) is 11.8. The lowest BCUT2D eigenvalue weighted by Gasteiger charge is -2.33. The van der Waals surface area contributed by atoms with Crippen molar-refractivity contribution in [1.82, 2.24) is 30.5 Å². The van der Waals surface area contributed by atoms with Crippen molar-refractivity contribution in [2.45, 2.75) is 57.0 Å². The van der Waals surface area contributed by atoms with Gasteiger partial charge in [0.2, 0.25) is 17.7 Å².